The Morgan fingerprint density at radius 1 is 1.19 bits per heavy atom. The summed E-state index contributed by atoms with van der Waals surface area (Å²) >= 11 is 3.57. The van der Waals surface area contributed by atoms with Gasteiger partial charge in [0, 0.05) is 23.7 Å². The van der Waals surface area contributed by atoms with E-state index in [4.69, 9.17) is 4.74 Å². The fraction of sp³-hybridized carbons (Fsp3) is 0.538. The van der Waals surface area contributed by atoms with Gasteiger partial charge in [0.25, 0.3) is 0 Å². The molecule has 0 aromatic heterocycles. The second-order valence-corrected chi connectivity index (χ2v) is 4.99. The second kappa shape index (κ2) is 6.38. The highest BCUT2D eigenvalue weighted by atomic mass is 79.9. The largest absolute Gasteiger partial charge is 0.380 e. The molecule has 0 bridgehead atoms. The van der Waals surface area contributed by atoms with Crippen LogP contribution < -0.4 is 5.32 Å². The fourth-order valence-corrected chi connectivity index (χ4v) is 2.28. The van der Waals surface area contributed by atoms with E-state index in [1.54, 1.807) is 7.11 Å². The predicted molar refractivity (Wildman–Crippen MR) is 71.6 cm³/mol. The summed E-state index contributed by atoms with van der Waals surface area (Å²) in [6, 6.07) is 8.92. The maximum Gasteiger partial charge on any atom is 0.0693 e. The van der Waals surface area contributed by atoms with Crippen molar-refractivity contribution in [3.63, 3.8) is 0 Å². The summed E-state index contributed by atoms with van der Waals surface area (Å²) in [6.07, 6.45) is 0.213. The van der Waals surface area contributed by atoms with E-state index in [1.165, 1.54) is 5.56 Å². The Bertz CT molecular complexity index is 329. The van der Waals surface area contributed by atoms with Crippen LogP contribution in [0.25, 0.3) is 0 Å². The molecule has 0 saturated carbocycles. The van der Waals surface area contributed by atoms with Crippen LogP contribution in [0, 0.1) is 0 Å². The summed E-state index contributed by atoms with van der Waals surface area (Å²) in [5.41, 5.74) is 1.28. The Morgan fingerprint density at radius 2 is 1.81 bits per heavy atom. The molecule has 0 saturated heterocycles. The molecule has 2 nitrogen and oxygen atoms in total. The lowest BCUT2D eigenvalue weighted by atomic mass is 10.1. The fourth-order valence-electron chi connectivity index (χ4n) is 1.65. The zero-order chi connectivity index (χ0) is 12.1. The molecule has 90 valence electrons. The van der Waals surface area contributed by atoms with E-state index in [9.17, 15) is 0 Å². The molecule has 0 spiro atoms. The van der Waals surface area contributed by atoms with Crippen LogP contribution in [0.5, 0.6) is 0 Å². The maximum absolute atomic E-state index is 5.30. The molecule has 0 aliphatic carbocycles. The average molecular weight is 286 g/mol. The van der Waals surface area contributed by atoms with E-state index in [1.807, 2.05) is 6.07 Å². The van der Waals surface area contributed by atoms with Crippen LogP contribution in [-0.2, 0) is 4.74 Å². The van der Waals surface area contributed by atoms with Crippen molar-refractivity contribution in [2.45, 2.75) is 39.0 Å². The van der Waals surface area contributed by atoms with Crippen molar-refractivity contribution in [1.29, 1.82) is 0 Å². The molecule has 3 heteroatoms. The molecule has 1 rings (SSSR count). The van der Waals surface area contributed by atoms with Crippen molar-refractivity contribution in [3.05, 3.63) is 34.3 Å². The van der Waals surface area contributed by atoms with Crippen molar-refractivity contribution in [1.82, 2.24) is 5.32 Å². The molecule has 16 heavy (non-hydrogen) atoms. The van der Waals surface area contributed by atoms with E-state index in [-0.39, 0.29) is 6.10 Å². The van der Waals surface area contributed by atoms with E-state index in [0.29, 0.717) is 12.1 Å². The Labute approximate surface area is 107 Å². The summed E-state index contributed by atoms with van der Waals surface area (Å²) in [4.78, 5) is 0. The molecular weight excluding hydrogens is 266 g/mol. The normalized spacial score (nSPS) is 16.8. The molecule has 0 fully saturated rings. The van der Waals surface area contributed by atoms with Gasteiger partial charge < -0.3 is 10.1 Å². The first-order chi connectivity index (χ1) is 7.56. The van der Waals surface area contributed by atoms with Gasteiger partial charge in [-0.1, -0.05) is 34.1 Å². The molecule has 0 aliphatic heterocycles. The third-order valence-electron chi connectivity index (χ3n) is 2.96. The minimum Gasteiger partial charge on any atom is -0.380 e. The minimum absolute atomic E-state index is 0.213. The first kappa shape index (κ1) is 13.7. The number of rotatable bonds is 5. The van der Waals surface area contributed by atoms with Gasteiger partial charge in [0.2, 0.25) is 0 Å². The van der Waals surface area contributed by atoms with Crippen LogP contribution in [0.3, 0.4) is 0 Å². The van der Waals surface area contributed by atoms with Gasteiger partial charge in [-0.15, -0.1) is 0 Å². The van der Waals surface area contributed by atoms with Crippen LogP contribution in [0.15, 0.2) is 28.7 Å². The lowest BCUT2D eigenvalue weighted by molar-refractivity contribution is 0.0852. The van der Waals surface area contributed by atoms with Crippen molar-refractivity contribution in [2.24, 2.45) is 0 Å². The first-order valence-electron chi connectivity index (χ1n) is 5.59. The maximum atomic E-state index is 5.30. The monoisotopic (exact) mass is 285 g/mol. The molecular formula is C13H20BrNO. The minimum atomic E-state index is 0.213. The number of benzene rings is 1. The van der Waals surface area contributed by atoms with Crippen molar-refractivity contribution in [3.8, 4) is 0 Å². The van der Waals surface area contributed by atoms with Gasteiger partial charge >= 0.3 is 0 Å². The van der Waals surface area contributed by atoms with Gasteiger partial charge in [0.15, 0.2) is 0 Å². The quantitative estimate of drug-likeness (QED) is 0.894. The Kier molecular flexibility index (Phi) is 5.46. The van der Waals surface area contributed by atoms with Gasteiger partial charge in [-0.25, -0.2) is 0 Å². The summed E-state index contributed by atoms with van der Waals surface area (Å²) < 4.78 is 6.45. The molecule has 1 aromatic rings. The summed E-state index contributed by atoms with van der Waals surface area (Å²) in [7, 11) is 1.74. The predicted octanol–water partition coefficient (Wildman–Crippen LogP) is 3.52. The van der Waals surface area contributed by atoms with E-state index < -0.39 is 0 Å². The number of methoxy groups -OCH3 is 1. The van der Waals surface area contributed by atoms with Crippen molar-refractivity contribution in [2.75, 3.05) is 7.11 Å². The molecule has 3 atom stereocenters. The Hall–Kier alpha value is -0.380. The number of hydrogen-bond donors (Lipinski definition) is 1. The third-order valence-corrected chi connectivity index (χ3v) is 3.68. The van der Waals surface area contributed by atoms with Gasteiger partial charge in [-0.3, -0.25) is 0 Å². The highest BCUT2D eigenvalue weighted by Crippen LogP contribution is 2.23. The number of halogens is 1. The molecule has 0 heterocycles. The smallest absolute Gasteiger partial charge is 0.0693 e. The zero-order valence-electron chi connectivity index (χ0n) is 10.3. The summed E-state index contributed by atoms with van der Waals surface area (Å²) in [5, 5.41) is 3.53. The Morgan fingerprint density at radius 3 is 2.38 bits per heavy atom. The van der Waals surface area contributed by atoms with Crippen molar-refractivity contribution >= 4 is 15.9 Å². The molecule has 2 unspecified atom stereocenters. The highest BCUT2D eigenvalue weighted by Gasteiger charge is 2.15. The molecule has 1 N–H and O–H groups in total. The number of hydrogen-bond acceptors (Lipinski definition) is 2. The second-order valence-electron chi connectivity index (χ2n) is 4.14. The Balaban J connectivity index is 2.65. The van der Waals surface area contributed by atoms with Crippen molar-refractivity contribution < 1.29 is 4.74 Å². The van der Waals surface area contributed by atoms with Crippen LogP contribution >= 0.6 is 15.9 Å². The first-order valence-corrected chi connectivity index (χ1v) is 6.38. The van der Waals surface area contributed by atoms with Gasteiger partial charge in [0.05, 0.1) is 6.10 Å². The molecule has 0 radical (unpaired) electrons. The topological polar surface area (TPSA) is 21.3 Å². The van der Waals surface area contributed by atoms with Crippen LogP contribution in [0.4, 0.5) is 0 Å². The number of ether oxygens (including phenoxy) is 1. The molecule has 0 aliphatic rings. The summed E-state index contributed by atoms with van der Waals surface area (Å²) in [6.45, 7) is 6.38. The SMILES string of the molecule is COC(C)C(C)N[C@H](C)c1ccccc1Br. The lowest BCUT2D eigenvalue weighted by Gasteiger charge is -2.25. The zero-order valence-corrected chi connectivity index (χ0v) is 11.9. The third kappa shape index (κ3) is 3.58. The summed E-state index contributed by atoms with van der Waals surface area (Å²) in [5.74, 6) is 0. The van der Waals surface area contributed by atoms with E-state index in [0.717, 1.165) is 4.47 Å². The van der Waals surface area contributed by atoms with Crippen LogP contribution in [-0.4, -0.2) is 19.3 Å². The van der Waals surface area contributed by atoms with E-state index in [2.05, 4.69) is 60.2 Å². The lowest BCUT2D eigenvalue weighted by Crippen LogP contribution is -2.38. The standard InChI is InChI=1S/C13H20BrNO/c1-9(11(3)16-4)15-10(2)12-7-5-6-8-13(12)14/h5-11,15H,1-4H3/t9?,10-,11?/m1/s1. The average Bonchev–Trinajstić information content (AvgIpc) is 2.28. The number of nitrogens with one attached hydrogen (secondary N) is 1. The van der Waals surface area contributed by atoms with Crippen LogP contribution in [0.2, 0.25) is 0 Å². The highest BCUT2D eigenvalue weighted by molar-refractivity contribution is 9.10. The van der Waals surface area contributed by atoms with Crippen LogP contribution in [0.1, 0.15) is 32.4 Å². The molecule has 0 amide bonds. The van der Waals surface area contributed by atoms with Gasteiger partial charge in [0.1, 0.15) is 0 Å². The van der Waals surface area contributed by atoms with Gasteiger partial charge in [-0.2, -0.15) is 0 Å². The molecule has 1 aromatic carbocycles. The van der Waals surface area contributed by atoms with E-state index >= 15 is 0 Å². The van der Waals surface area contributed by atoms with Gasteiger partial charge in [-0.05, 0) is 32.4 Å².